The summed E-state index contributed by atoms with van der Waals surface area (Å²) in [5.74, 6) is 0.0822. The Kier molecular flexibility index (Phi) is 7.83. The van der Waals surface area contributed by atoms with E-state index in [0.717, 1.165) is 29.5 Å². The molecule has 1 atom stereocenters. The van der Waals surface area contributed by atoms with Crippen LogP contribution >= 0.6 is 0 Å². The quantitative estimate of drug-likeness (QED) is 0.514. The summed E-state index contributed by atoms with van der Waals surface area (Å²) in [6.45, 7) is 1.15. The van der Waals surface area contributed by atoms with Gasteiger partial charge in [-0.05, 0) is 29.5 Å². The van der Waals surface area contributed by atoms with Crippen LogP contribution in [0, 0.1) is 0 Å². The normalized spacial score (nSPS) is 11.7. The minimum atomic E-state index is -0.0108. The Bertz CT molecular complexity index is 819. The maximum absolute atomic E-state index is 12.2. The Hall–Kier alpha value is -2.91. The molecule has 0 saturated heterocycles. The second-order valence-electron chi connectivity index (χ2n) is 6.85. The number of hydrogen-bond donors (Lipinski definition) is 1. The lowest BCUT2D eigenvalue weighted by Crippen LogP contribution is -2.22. The minimum absolute atomic E-state index is 0.0108. The van der Waals surface area contributed by atoms with Gasteiger partial charge in [0.1, 0.15) is 0 Å². The lowest BCUT2D eigenvalue weighted by atomic mass is 10.0. The maximum atomic E-state index is 12.2. The lowest BCUT2D eigenvalue weighted by molar-refractivity contribution is -0.121. The Morgan fingerprint density at radius 3 is 2.00 bits per heavy atom. The van der Waals surface area contributed by atoms with Crippen molar-refractivity contribution < 1.29 is 9.53 Å². The van der Waals surface area contributed by atoms with Gasteiger partial charge in [0, 0.05) is 13.0 Å². The molecule has 0 fully saturated rings. The van der Waals surface area contributed by atoms with E-state index in [2.05, 4.69) is 29.6 Å². The van der Waals surface area contributed by atoms with Gasteiger partial charge in [0.15, 0.2) is 0 Å². The highest BCUT2D eigenvalue weighted by atomic mass is 16.5. The molecule has 1 N–H and O–H groups in total. The van der Waals surface area contributed by atoms with Crippen LogP contribution in [0.25, 0.3) is 0 Å². The first-order valence-electron chi connectivity index (χ1n) is 9.82. The van der Waals surface area contributed by atoms with Crippen molar-refractivity contribution >= 4 is 5.91 Å². The molecule has 0 spiro atoms. The molecule has 28 heavy (non-hydrogen) atoms. The van der Waals surface area contributed by atoms with E-state index in [0.29, 0.717) is 19.6 Å². The maximum Gasteiger partial charge on any atom is 0.220 e. The lowest BCUT2D eigenvalue weighted by Gasteiger charge is -2.18. The molecule has 3 aromatic rings. The molecule has 1 amide bonds. The first kappa shape index (κ1) is 19.8. The second-order valence-corrected chi connectivity index (χ2v) is 6.85. The predicted molar refractivity (Wildman–Crippen MR) is 113 cm³/mol. The summed E-state index contributed by atoms with van der Waals surface area (Å²) in [5.41, 5.74) is 3.43. The highest BCUT2D eigenvalue weighted by Gasteiger charge is 2.13. The monoisotopic (exact) mass is 373 g/mol. The number of benzene rings is 3. The predicted octanol–water partition coefficient (Wildman–Crippen LogP) is 5.43. The summed E-state index contributed by atoms with van der Waals surface area (Å²) in [7, 11) is 0. The van der Waals surface area contributed by atoms with E-state index in [1.165, 1.54) is 0 Å². The largest absolute Gasteiger partial charge is 0.369 e. The first-order chi connectivity index (χ1) is 13.8. The standard InChI is InChI=1S/C25H27NO2/c27-25(26-19-21-11-4-1-5-12-21)18-10-17-24(23-15-8-3-9-16-23)28-20-22-13-6-2-7-14-22/h1-9,11-16,24H,10,17-20H2,(H,26,27). The van der Waals surface area contributed by atoms with E-state index < -0.39 is 0 Å². The van der Waals surface area contributed by atoms with Gasteiger partial charge in [-0.2, -0.15) is 0 Å². The Balaban J connectivity index is 1.48. The van der Waals surface area contributed by atoms with Crippen molar-refractivity contribution in [3.05, 3.63) is 108 Å². The smallest absolute Gasteiger partial charge is 0.220 e. The highest BCUT2D eigenvalue weighted by molar-refractivity contribution is 5.75. The summed E-state index contributed by atoms with van der Waals surface area (Å²) in [5, 5.41) is 2.99. The van der Waals surface area contributed by atoms with Crippen molar-refractivity contribution in [2.75, 3.05) is 0 Å². The molecule has 0 saturated carbocycles. The Labute approximate surface area is 167 Å². The average Bonchev–Trinajstić information content (AvgIpc) is 2.76. The van der Waals surface area contributed by atoms with Gasteiger partial charge in [-0.1, -0.05) is 91.0 Å². The summed E-state index contributed by atoms with van der Waals surface area (Å²) in [4.78, 5) is 12.2. The zero-order valence-corrected chi connectivity index (χ0v) is 16.1. The van der Waals surface area contributed by atoms with E-state index in [1.807, 2.05) is 66.7 Å². The molecule has 0 aromatic heterocycles. The van der Waals surface area contributed by atoms with Crippen LogP contribution in [0.15, 0.2) is 91.0 Å². The van der Waals surface area contributed by atoms with Gasteiger partial charge in [0.05, 0.1) is 12.7 Å². The number of amides is 1. The van der Waals surface area contributed by atoms with Crippen LogP contribution in [0.5, 0.6) is 0 Å². The molecular formula is C25H27NO2. The Morgan fingerprint density at radius 2 is 1.36 bits per heavy atom. The number of carbonyl (C=O) groups is 1. The van der Waals surface area contributed by atoms with Crippen LogP contribution in [0.3, 0.4) is 0 Å². The zero-order chi connectivity index (χ0) is 19.4. The summed E-state index contributed by atoms with van der Waals surface area (Å²) >= 11 is 0. The Morgan fingerprint density at radius 1 is 0.786 bits per heavy atom. The van der Waals surface area contributed by atoms with Crippen molar-refractivity contribution in [2.45, 2.75) is 38.5 Å². The molecule has 1 unspecified atom stereocenters. The molecule has 144 valence electrons. The summed E-state index contributed by atoms with van der Waals surface area (Å²) in [6.07, 6.45) is 2.10. The second kappa shape index (κ2) is 11.1. The third-order valence-corrected chi connectivity index (χ3v) is 4.67. The van der Waals surface area contributed by atoms with E-state index in [-0.39, 0.29) is 12.0 Å². The fourth-order valence-electron chi connectivity index (χ4n) is 3.12. The molecule has 0 heterocycles. The van der Waals surface area contributed by atoms with Crippen LogP contribution < -0.4 is 5.32 Å². The molecule has 3 rings (SSSR count). The van der Waals surface area contributed by atoms with Gasteiger partial charge >= 0.3 is 0 Å². The molecule has 3 heteroatoms. The molecule has 3 nitrogen and oxygen atoms in total. The van der Waals surface area contributed by atoms with Gasteiger partial charge in [-0.25, -0.2) is 0 Å². The average molecular weight is 373 g/mol. The molecule has 3 aromatic carbocycles. The molecule has 0 bridgehead atoms. The van der Waals surface area contributed by atoms with Crippen LogP contribution in [0.1, 0.15) is 42.1 Å². The zero-order valence-electron chi connectivity index (χ0n) is 16.1. The van der Waals surface area contributed by atoms with E-state index in [9.17, 15) is 4.79 Å². The number of carbonyl (C=O) groups excluding carboxylic acids is 1. The topological polar surface area (TPSA) is 38.3 Å². The SMILES string of the molecule is O=C(CCCC(OCc1ccccc1)c1ccccc1)NCc1ccccc1. The highest BCUT2D eigenvalue weighted by Crippen LogP contribution is 2.24. The minimum Gasteiger partial charge on any atom is -0.369 e. The third-order valence-electron chi connectivity index (χ3n) is 4.67. The number of ether oxygens (including phenoxy) is 1. The fourth-order valence-corrected chi connectivity index (χ4v) is 3.12. The number of nitrogens with one attached hydrogen (secondary N) is 1. The van der Waals surface area contributed by atoms with Gasteiger partial charge in [-0.3, -0.25) is 4.79 Å². The molecular weight excluding hydrogens is 346 g/mol. The van der Waals surface area contributed by atoms with Crippen LogP contribution in [0.2, 0.25) is 0 Å². The fraction of sp³-hybridized carbons (Fsp3) is 0.240. The van der Waals surface area contributed by atoms with Crippen molar-refractivity contribution in [1.29, 1.82) is 0 Å². The first-order valence-corrected chi connectivity index (χ1v) is 9.82. The molecule has 0 radical (unpaired) electrons. The summed E-state index contributed by atoms with van der Waals surface area (Å²) in [6, 6.07) is 30.4. The molecule has 0 aliphatic rings. The van der Waals surface area contributed by atoms with E-state index in [4.69, 9.17) is 4.74 Å². The molecule has 0 aliphatic heterocycles. The summed E-state index contributed by atoms with van der Waals surface area (Å²) < 4.78 is 6.19. The van der Waals surface area contributed by atoms with Gasteiger partial charge in [-0.15, -0.1) is 0 Å². The van der Waals surface area contributed by atoms with E-state index in [1.54, 1.807) is 0 Å². The van der Waals surface area contributed by atoms with Gasteiger partial charge in [0.25, 0.3) is 0 Å². The van der Waals surface area contributed by atoms with E-state index >= 15 is 0 Å². The van der Waals surface area contributed by atoms with Crippen molar-refractivity contribution in [3.8, 4) is 0 Å². The molecule has 0 aliphatic carbocycles. The van der Waals surface area contributed by atoms with Crippen molar-refractivity contribution in [1.82, 2.24) is 5.32 Å². The van der Waals surface area contributed by atoms with Gasteiger partial charge in [0.2, 0.25) is 5.91 Å². The van der Waals surface area contributed by atoms with Crippen LogP contribution in [-0.4, -0.2) is 5.91 Å². The van der Waals surface area contributed by atoms with Crippen LogP contribution in [-0.2, 0) is 22.7 Å². The van der Waals surface area contributed by atoms with Gasteiger partial charge < -0.3 is 10.1 Å². The number of hydrogen-bond acceptors (Lipinski definition) is 2. The van der Waals surface area contributed by atoms with Crippen molar-refractivity contribution in [3.63, 3.8) is 0 Å². The van der Waals surface area contributed by atoms with Crippen molar-refractivity contribution in [2.24, 2.45) is 0 Å². The van der Waals surface area contributed by atoms with Crippen LogP contribution in [0.4, 0.5) is 0 Å². The third kappa shape index (κ3) is 6.67. The number of rotatable bonds is 10.